The third kappa shape index (κ3) is 1.54. The molecule has 0 saturated carbocycles. The van der Waals surface area contributed by atoms with Gasteiger partial charge >= 0.3 is 6.08 Å². The van der Waals surface area contributed by atoms with E-state index < -0.39 is 6.08 Å². The van der Waals surface area contributed by atoms with E-state index >= 15 is 0 Å². The van der Waals surface area contributed by atoms with Gasteiger partial charge in [0.15, 0.2) is 0 Å². The maximum Gasteiger partial charge on any atom is 0.309 e. The minimum atomic E-state index is -0.682. The van der Waals surface area contributed by atoms with E-state index in [2.05, 4.69) is 25.9 Å². The van der Waals surface area contributed by atoms with Crippen molar-refractivity contribution in [3.63, 3.8) is 0 Å². The quantitative estimate of drug-likeness (QED) is 0.662. The number of aryl methyl sites for hydroxylation is 1. The summed E-state index contributed by atoms with van der Waals surface area (Å²) in [5.74, 6) is 0. The van der Waals surface area contributed by atoms with Crippen LogP contribution in [0.15, 0.2) is 22.8 Å². The molecule has 0 atom stereocenters. The number of benzene rings is 1. The van der Waals surface area contributed by atoms with Gasteiger partial charge in [0, 0.05) is 16.1 Å². The summed E-state index contributed by atoms with van der Waals surface area (Å²) >= 11 is 3.35. The Hall–Kier alpha value is -1.03. The fourth-order valence-electron chi connectivity index (χ4n) is 1.26. The van der Waals surface area contributed by atoms with Crippen molar-refractivity contribution in [3.05, 3.63) is 34.4 Å². The van der Waals surface area contributed by atoms with Crippen LogP contribution in [0.1, 0.15) is 5.56 Å². The Balaban J connectivity index is 2.87. The SMILES string of the molecule is Cc1cc(Br)cc2cnc(F)nc12. The molecule has 0 aliphatic rings. The number of fused-ring (bicyclic) bond motifs is 1. The maximum absolute atomic E-state index is 12.7. The molecule has 0 bridgehead atoms. The molecule has 0 saturated heterocycles. The third-order valence-electron chi connectivity index (χ3n) is 1.81. The number of halogens is 2. The molecule has 0 N–H and O–H groups in total. The normalized spacial score (nSPS) is 10.7. The second kappa shape index (κ2) is 3.03. The van der Waals surface area contributed by atoms with Gasteiger partial charge in [-0.15, -0.1) is 0 Å². The number of rotatable bonds is 0. The lowest BCUT2D eigenvalue weighted by atomic mass is 10.1. The highest BCUT2D eigenvalue weighted by Crippen LogP contribution is 2.21. The van der Waals surface area contributed by atoms with Crippen molar-refractivity contribution in [2.24, 2.45) is 0 Å². The van der Waals surface area contributed by atoms with E-state index in [-0.39, 0.29) is 0 Å². The zero-order valence-corrected chi connectivity index (χ0v) is 8.47. The first-order chi connectivity index (χ1) is 6.16. The van der Waals surface area contributed by atoms with Gasteiger partial charge < -0.3 is 0 Å². The van der Waals surface area contributed by atoms with E-state index in [4.69, 9.17) is 0 Å². The molecule has 2 aromatic rings. The molecule has 66 valence electrons. The predicted octanol–water partition coefficient (Wildman–Crippen LogP) is 2.84. The lowest BCUT2D eigenvalue weighted by Crippen LogP contribution is -1.91. The zero-order valence-electron chi connectivity index (χ0n) is 6.88. The second-order valence-electron chi connectivity index (χ2n) is 2.80. The molecule has 4 heteroatoms. The van der Waals surface area contributed by atoms with E-state index in [9.17, 15) is 4.39 Å². The van der Waals surface area contributed by atoms with Crippen LogP contribution in [-0.2, 0) is 0 Å². The van der Waals surface area contributed by atoms with Crippen LogP contribution in [0.3, 0.4) is 0 Å². The van der Waals surface area contributed by atoms with Gasteiger partial charge in [-0.05, 0) is 24.6 Å². The molecule has 1 aromatic heterocycles. The molecule has 0 amide bonds. The predicted molar refractivity (Wildman–Crippen MR) is 51.9 cm³/mol. The van der Waals surface area contributed by atoms with Crippen LogP contribution in [0.2, 0.25) is 0 Å². The molecular weight excluding hydrogens is 235 g/mol. The van der Waals surface area contributed by atoms with E-state index in [0.717, 1.165) is 15.4 Å². The van der Waals surface area contributed by atoms with Crippen LogP contribution >= 0.6 is 15.9 Å². The van der Waals surface area contributed by atoms with Crippen molar-refractivity contribution >= 4 is 26.8 Å². The Bertz CT molecular complexity index is 470. The fraction of sp³-hybridized carbons (Fsp3) is 0.111. The summed E-state index contributed by atoms with van der Waals surface area (Å²) in [4.78, 5) is 7.21. The second-order valence-corrected chi connectivity index (χ2v) is 3.72. The average molecular weight is 241 g/mol. The van der Waals surface area contributed by atoms with E-state index in [1.54, 1.807) is 0 Å². The van der Waals surface area contributed by atoms with Crippen LogP contribution < -0.4 is 0 Å². The van der Waals surface area contributed by atoms with Crippen molar-refractivity contribution in [1.29, 1.82) is 0 Å². The molecule has 2 nitrogen and oxygen atoms in total. The van der Waals surface area contributed by atoms with E-state index in [1.165, 1.54) is 6.20 Å². The highest BCUT2D eigenvalue weighted by molar-refractivity contribution is 9.10. The van der Waals surface area contributed by atoms with E-state index in [0.29, 0.717) is 5.52 Å². The van der Waals surface area contributed by atoms with Gasteiger partial charge in [0.05, 0.1) is 5.52 Å². The van der Waals surface area contributed by atoms with Crippen molar-refractivity contribution in [2.75, 3.05) is 0 Å². The summed E-state index contributed by atoms with van der Waals surface area (Å²) in [7, 11) is 0. The molecule has 13 heavy (non-hydrogen) atoms. The van der Waals surface area contributed by atoms with E-state index in [1.807, 2.05) is 19.1 Å². The minimum absolute atomic E-state index is 0.663. The summed E-state index contributed by atoms with van der Waals surface area (Å²) in [6.07, 6.45) is 0.799. The Labute approximate surface area is 83.0 Å². The van der Waals surface area contributed by atoms with Gasteiger partial charge in [0.2, 0.25) is 0 Å². The smallest absolute Gasteiger partial charge is 0.210 e. The summed E-state index contributed by atoms with van der Waals surface area (Å²) in [5.41, 5.74) is 1.60. The van der Waals surface area contributed by atoms with Crippen molar-refractivity contribution in [1.82, 2.24) is 9.97 Å². The Morgan fingerprint density at radius 2 is 2.15 bits per heavy atom. The van der Waals surface area contributed by atoms with Crippen molar-refractivity contribution in [2.45, 2.75) is 6.92 Å². The first-order valence-corrected chi connectivity index (χ1v) is 4.54. The number of hydrogen-bond acceptors (Lipinski definition) is 2. The summed E-state index contributed by atoms with van der Waals surface area (Å²) in [5, 5.41) is 0.841. The zero-order chi connectivity index (χ0) is 9.42. The molecule has 0 aliphatic carbocycles. The van der Waals surface area contributed by atoms with Crippen LogP contribution in [0.4, 0.5) is 4.39 Å². The van der Waals surface area contributed by atoms with Crippen molar-refractivity contribution < 1.29 is 4.39 Å². The third-order valence-corrected chi connectivity index (χ3v) is 2.27. The van der Waals surface area contributed by atoms with Crippen LogP contribution in [0.5, 0.6) is 0 Å². The topological polar surface area (TPSA) is 25.8 Å². The van der Waals surface area contributed by atoms with Gasteiger partial charge in [-0.2, -0.15) is 4.39 Å². The highest BCUT2D eigenvalue weighted by atomic mass is 79.9. The lowest BCUT2D eigenvalue weighted by Gasteiger charge is -2.01. The van der Waals surface area contributed by atoms with Crippen molar-refractivity contribution in [3.8, 4) is 0 Å². The fourth-order valence-corrected chi connectivity index (χ4v) is 1.85. The summed E-state index contributed by atoms with van der Waals surface area (Å²) in [6, 6.07) is 3.76. The Kier molecular flexibility index (Phi) is 2.00. The number of nitrogens with zero attached hydrogens (tertiary/aromatic N) is 2. The Morgan fingerprint density at radius 1 is 1.38 bits per heavy atom. The first kappa shape index (κ1) is 8.56. The molecular formula is C9H6BrFN2. The van der Waals surface area contributed by atoms with Crippen LogP contribution in [-0.4, -0.2) is 9.97 Å². The molecule has 0 aliphatic heterocycles. The monoisotopic (exact) mass is 240 g/mol. The molecule has 0 unspecified atom stereocenters. The summed E-state index contributed by atoms with van der Waals surface area (Å²) < 4.78 is 13.6. The largest absolute Gasteiger partial charge is 0.309 e. The highest BCUT2D eigenvalue weighted by Gasteiger charge is 2.02. The van der Waals surface area contributed by atoms with Gasteiger partial charge in [-0.25, -0.2) is 9.97 Å². The molecule has 0 spiro atoms. The first-order valence-electron chi connectivity index (χ1n) is 3.75. The Morgan fingerprint density at radius 3 is 2.92 bits per heavy atom. The van der Waals surface area contributed by atoms with Gasteiger partial charge in [0.1, 0.15) is 0 Å². The lowest BCUT2D eigenvalue weighted by molar-refractivity contribution is 0.544. The molecule has 1 aromatic carbocycles. The molecule has 2 rings (SSSR count). The van der Waals surface area contributed by atoms with Crippen LogP contribution in [0.25, 0.3) is 10.9 Å². The number of hydrogen-bond donors (Lipinski definition) is 0. The number of aromatic nitrogens is 2. The van der Waals surface area contributed by atoms with Crippen LogP contribution in [0, 0.1) is 13.0 Å². The molecule has 1 heterocycles. The average Bonchev–Trinajstić information content (AvgIpc) is 2.06. The van der Waals surface area contributed by atoms with Gasteiger partial charge in [0.25, 0.3) is 0 Å². The van der Waals surface area contributed by atoms with Gasteiger partial charge in [-0.3, -0.25) is 0 Å². The summed E-state index contributed by atoms with van der Waals surface area (Å²) in [6.45, 7) is 1.89. The minimum Gasteiger partial charge on any atom is -0.210 e. The standard InChI is InChI=1S/C9H6BrFN2/c1-5-2-7(10)3-6-4-12-9(11)13-8(5)6/h2-4H,1H3. The molecule has 0 fully saturated rings. The molecule has 0 radical (unpaired) electrons. The maximum atomic E-state index is 12.7. The van der Waals surface area contributed by atoms with Gasteiger partial charge in [-0.1, -0.05) is 15.9 Å².